The minimum atomic E-state index is -0.458. The lowest BCUT2D eigenvalue weighted by Crippen LogP contribution is -2.27. The standard InChI is InChI=1S/C16H24BrNO2/c1-11-7-13(8-12(2)16(11)17)18-9-14(19)10-20-15-5-3-4-6-15/h7-8,14-15,18-19H,3-6,9-10H2,1-2H3. The molecule has 4 heteroatoms. The van der Waals surface area contributed by atoms with Crippen molar-refractivity contribution in [2.75, 3.05) is 18.5 Å². The van der Waals surface area contributed by atoms with Gasteiger partial charge in [0.15, 0.2) is 0 Å². The van der Waals surface area contributed by atoms with E-state index in [0.717, 1.165) is 23.0 Å². The summed E-state index contributed by atoms with van der Waals surface area (Å²) in [4.78, 5) is 0. The molecule has 0 bridgehead atoms. The fourth-order valence-electron chi connectivity index (χ4n) is 2.64. The highest BCUT2D eigenvalue weighted by Crippen LogP contribution is 2.25. The summed E-state index contributed by atoms with van der Waals surface area (Å²) in [6, 6.07) is 4.17. The smallest absolute Gasteiger partial charge is 0.0945 e. The van der Waals surface area contributed by atoms with E-state index in [9.17, 15) is 5.11 Å². The lowest BCUT2D eigenvalue weighted by Gasteiger charge is -2.17. The first kappa shape index (κ1) is 15.8. The van der Waals surface area contributed by atoms with E-state index in [2.05, 4.69) is 47.2 Å². The average molecular weight is 342 g/mol. The molecule has 1 fully saturated rings. The molecule has 1 aliphatic carbocycles. The monoisotopic (exact) mass is 341 g/mol. The number of rotatable bonds is 6. The fraction of sp³-hybridized carbons (Fsp3) is 0.625. The van der Waals surface area contributed by atoms with Crippen molar-refractivity contribution in [3.05, 3.63) is 27.7 Å². The Morgan fingerprint density at radius 1 is 1.30 bits per heavy atom. The maximum Gasteiger partial charge on any atom is 0.0945 e. The number of aryl methyl sites for hydroxylation is 2. The summed E-state index contributed by atoms with van der Waals surface area (Å²) in [5.74, 6) is 0. The first-order valence-corrected chi connectivity index (χ1v) is 8.16. The second kappa shape index (κ2) is 7.43. The van der Waals surface area contributed by atoms with Crippen molar-refractivity contribution >= 4 is 21.6 Å². The number of aliphatic hydroxyl groups excluding tert-OH is 1. The van der Waals surface area contributed by atoms with Gasteiger partial charge in [0, 0.05) is 16.7 Å². The zero-order chi connectivity index (χ0) is 14.5. The number of aliphatic hydroxyl groups is 1. The fourth-order valence-corrected chi connectivity index (χ4v) is 2.87. The highest BCUT2D eigenvalue weighted by Gasteiger charge is 2.16. The quantitative estimate of drug-likeness (QED) is 0.826. The lowest BCUT2D eigenvalue weighted by atomic mass is 10.1. The molecule has 1 aliphatic rings. The van der Waals surface area contributed by atoms with Crippen molar-refractivity contribution in [1.29, 1.82) is 0 Å². The van der Waals surface area contributed by atoms with Gasteiger partial charge in [-0.1, -0.05) is 28.8 Å². The van der Waals surface area contributed by atoms with Crippen LogP contribution >= 0.6 is 15.9 Å². The molecule has 1 aromatic rings. The molecule has 0 aliphatic heterocycles. The topological polar surface area (TPSA) is 41.5 Å². The largest absolute Gasteiger partial charge is 0.389 e. The van der Waals surface area contributed by atoms with Gasteiger partial charge in [0.2, 0.25) is 0 Å². The zero-order valence-corrected chi connectivity index (χ0v) is 13.9. The van der Waals surface area contributed by atoms with E-state index < -0.39 is 6.10 Å². The van der Waals surface area contributed by atoms with Gasteiger partial charge in [-0.05, 0) is 49.9 Å². The Bertz CT molecular complexity index is 421. The minimum absolute atomic E-state index is 0.363. The molecule has 0 aromatic heterocycles. The van der Waals surface area contributed by atoms with Gasteiger partial charge in [0.05, 0.1) is 18.8 Å². The van der Waals surface area contributed by atoms with Crippen molar-refractivity contribution in [3.63, 3.8) is 0 Å². The molecule has 2 N–H and O–H groups in total. The second-order valence-electron chi connectivity index (χ2n) is 5.70. The van der Waals surface area contributed by atoms with Crippen LogP contribution in [0, 0.1) is 13.8 Å². The van der Waals surface area contributed by atoms with Crippen molar-refractivity contribution in [2.24, 2.45) is 0 Å². The third-order valence-electron chi connectivity index (χ3n) is 3.80. The highest BCUT2D eigenvalue weighted by atomic mass is 79.9. The van der Waals surface area contributed by atoms with Gasteiger partial charge in [-0.3, -0.25) is 0 Å². The first-order valence-electron chi connectivity index (χ1n) is 7.36. The second-order valence-corrected chi connectivity index (χ2v) is 6.49. The van der Waals surface area contributed by atoms with Crippen LogP contribution in [-0.2, 0) is 4.74 Å². The van der Waals surface area contributed by atoms with Crippen LogP contribution < -0.4 is 5.32 Å². The maximum absolute atomic E-state index is 9.97. The summed E-state index contributed by atoms with van der Waals surface area (Å²) in [5, 5.41) is 13.2. The predicted octanol–water partition coefficient (Wildman–Crippen LogP) is 3.80. The number of hydrogen-bond donors (Lipinski definition) is 2. The van der Waals surface area contributed by atoms with Crippen LogP contribution in [0.2, 0.25) is 0 Å². The van der Waals surface area contributed by atoms with Crippen LogP contribution in [0.1, 0.15) is 36.8 Å². The molecule has 0 amide bonds. The molecule has 3 nitrogen and oxygen atoms in total. The van der Waals surface area contributed by atoms with Crippen molar-refractivity contribution in [3.8, 4) is 0 Å². The van der Waals surface area contributed by atoms with Gasteiger partial charge in [0.1, 0.15) is 0 Å². The predicted molar refractivity (Wildman–Crippen MR) is 86.3 cm³/mol. The maximum atomic E-state index is 9.97. The lowest BCUT2D eigenvalue weighted by molar-refractivity contribution is -0.00117. The Labute approximate surface area is 129 Å². The van der Waals surface area contributed by atoms with Crippen LogP contribution in [0.15, 0.2) is 16.6 Å². The summed E-state index contributed by atoms with van der Waals surface area (Å²) in [7, 11) is 0. The average Bonchev–Trinajstić information content (AvgIpc) is 2.93. The number of halogens is 1. The molecular formula is C16H24BrNO2. The van der Waals surface area contributed by atoms with Crippen molar-refractivity contribution in [1.82, 2.24) is 0 Å². The van der Waals surface area contributed by atoms with Crippen molar-refractivity contribution < 1.29 is 9.84 Å². The molecule has 1 atom stereocenters. The normalized spacial score (nSPS) is 17.4. The van der Waals surface area contributed by atoms with Crippen LogP contribution in [0.4, 0.5) is 5.69 Å². The van der Waals surface area contributed by atoms with Gasteiger partial charge in [-0.2, -0.15) is 0 Å². The van der Waals surface area contributed by atoms with E-state index in [1.54, 1.807) is 0 Å². The van der Waals surface area contributed by atoms with Gasteiger partial charge in [-0.15, -0.1) is 0 Å². The van der Waals surface area contributed by atoms with E-state index in [1.807, 2.05) is 0 Å². The Hall–Kier alpha value is -0.580. The molecule has 2 rings (SSSR count). The van der Waals surface area contributed by atoms with Gasteiger partial charge >= 0.3 is 0 Å². The number of ether oxygens (including phenoxy) is 1. The van der Waals surface area contributed by atoms with E-state index in [1.165, 1.54) is 24.0 Å². The van der Waals surface area contributed by atoms with Crippen molar-refractivity contribution in [2.45, 2.75) is 51.7 Å². The summed E-state index contributed by atoms with van der Waals surface area (Å²) in [5.41, 5.74) is 3.44. The van der Waals surface area contributed by atoms with Crippen LogP contribution in [0.25, 0.3) is 0 Å². The highest BCUT2D eigenvalue weighted by molar-refractivity contribution is 9.10. The summed E-state index contributed by atoms with van der Waals surface area (Å²) in [6.45, 7) is 5.09. The Morgan fingerprint density at radius 3 is 2.50 bits per heavy atom. The number of nitrogens with one attached hydrogen (secondary N) is 1. The summed E-state index contributed by atoms with van der Waals surface area (Å²) >= 11 is 3.56. The Balaban J connectivity index is 1.76. The Kier molecular flexibility index (Phi) is 5.87. The zero-order valence-electron chi connectivity index (χ0n) is 12.3. The molecule has 0 spiro atoms. The molecule has 20 heavy (non-hydrogen) atoms. The van der Waals surface area contributed by atoms with Gasteiger partial charge in [-0.25, -0.2) is 0 Å². The Morgan fingerprint density at radius 2 is 1.90 bits per heavy atom. The molecule has 0 heterocycles. The van der Waals surface area contributed by atoms with E-state index in [-0.39, 0.29) is 0 Å². The SMILES string of the molecule is Cc1cc(NCC(O)COC2CCCC2)cc(C)c1Br. The molecular weight excluding hydrogens is 318 g/mol. The van der Waals surface area contributed by atoms with Gasteiger partial charge in [0.25, 0.3) is 0 Å². The number of benzene rings is 1. The van der Waals surface area contributed by atoms with E-state index >= 15 is 0 Å². The molecule has 1 aromatic carbocycles. The van der Waals surface area contributed by atoms with Crippen LogP contribution in [-0.4, -0.2) is 30.5 Å². The number of hydrogen-bond acceptors (Lipinski definition) is 3. The third kappa shape index (κ3) is 4.47. The summed E-state index contributed by atoms with van der Waals surface area (Å²) in [6.07, 6.45) is 4.71. The van der Waals surface area contributed by atoms with Gasteiger partial charge < -0.3 is 15.2 Å². The van der Waals surface area contributed by atoms with Crippen LogP contribution in [0.5, 0.6) is 0 Å². The molecule has 1 saturated carbocycles. The molecule has 112 valence electrons. The van der Waals surface area contributed by atoms with Crippen LogP contribution in [0.3, 0.4) is 0 Å². The molecule has 0 saturated heterocycles. The molecule has 0 radical (unpaired) electrons. The molecule has 1 unspecified atom stereocenters. The first-order chi connectivity index (χ1) is 9.56. The van der Waals surface area contributed by atoms with E-state index in [4.69, 9.17) is 4.74 Å². The van der Waals surface area contributed by atoms with E-state index in [0.29, 0.717) is 19.3 Å². The number of anilines is 1. The summed E-state index contributed by atoms with van der Waals surface area (Å²) < 4.78 is 6.87. The minimum Gasteiger partial charge on any atom is -0.389 e. The third-order valence-corrected chi connectivity index (χ3v) is 5.06.